The average Bonchev–Trinajstić information content (AvgIpc) is 2.46. The lowest BCUT2D eigenvalue weighted by Crippen LogP contribution is -2.57. The van der Waals surface area contributed by atoms with E-state index in [2.05, 4.69) is 10.6 Å². The van der Waals surface area contributed by atoms with Crippen LogP contribution in [0.2, 0.25) is 0 Å². The molecule has 138 valence electrons. The summed E-state index contributed by atoms with van der Waals surface area (Å²) in [5.41, 5.74) is 10.5. The van der Waals surface area contributed by atoms with E-state index in [-0.39, 0.29) is 18.8 Å². The molecule has 10 heteroatoms. The number of nitrogens with two attached hydrogens (primary N) is 2. The van der Waals surface area contributed by atoms with Gasteiger partial charge >= 0.3 is 5.97 Å². The van der Waals surface area contributed by atoms with E-state index < -0.39 is 47.9 Å². The minimum Gasteiger partial charge on any atom is -0.480 e. The van der Waals surface area contributed by atoms with E-state index >= 15 is 0 Å². The Labute approximate surface area is 139 Å². The fourth-order valence-corrected chi connectivity index (χ4v) is 1.81. The van der Waals surface area contributed by atoms with Crippen molar-refractivity contribution < 1.29 is 29.4 Å². The molecule has 0 aliphatic heterocycles. The third kappa shape index (κ3) is 7.38. The highest BCUT2D eigenvalue weighted by Gasteiger charge is 2.30. The Morgan fingerprint density at radius 3 is 1.96 bits per heavy atom. The molecule has 0 aliphatic carbocycles. The van der Waals surface area contributed by atoms with Crippen LogP contribution < -0.4 is 22.1 Å². The van der Waals surface area contributed by atoms with Gasteiger partial charge in [0.15, 0.2) is 0 Å². The van der Waals surface area contributed by atoms with Gasteiger partial charge in [-0.15, -0.1) is 0 Å². The summed E-state index contributed by atoms with van der Waals surface area (Å²) < 4.78 is 0. The van der Waals surface area contributed by atoms with Gasteiger partial charge in [0, 0.05) is 6.42 Å². The number of rotatable bonds is 10. The van der Waals surface area contributed by atoms with E-state index in [1.54, 1.807) is 13.8 Å². The highest BCUT2D eigenvalue weighted by Crippen LogP contribution is 2.05. The molecule has 0 saturated carbocycles. The van der Waals surface area contributed by atoms with Crippen LogP contribution in [0, 0.1) is 5.92 Å². The van der Waals surface area contributed by atoms with Crippen LogP contribution in [0.4, 0.5) is 0 Å². The zero-order valence-electron chi connectivity index (χ0n) is 14.0. The zero-order chi connectivity index (χ0) is 19.0. The van der Waals surface area contributed by atoms with E-state index in [1.165, 1.54) is 6.92 Å². The fourth-order valence-electron chi connectivity index (χ4n) is 1.81. The standard InChI is InChI=1S/C14H26N4O6/c1-6(2)11(18-12(21)10(16)7(3)19)13(22)17-8(14(23)24)4-5-9(15)20/h6-8,10-11,19H,4-5,16H2,1-3H3,(H2,15,20)(H,17,22)(H,18,21)(H,23,24). The summed E-state index contributed by atoms with van der Waals surface area (Å²) in [6, 6.07) is -3.57. The van der Waals surface area contributed by atoms with Gasteiger partial charge in [0.1, 0.15) is 18.1 Å². The Morgan fingerprint density at radius 1 is 1.04 bits per heavy atom. The Balaban J connectivity index is 4.97. The number of primary amides is 1. The summed E-state index contributed by atoms with van der Waals surface area (Å²) >= 11 is 0. The second-order valence-electron chi connectivity index (χ2n) is 5.90. The highest BCUT2D eigenvalue weighted by molar-refractivity contribution is 5.92. The summed E-state index contributed by atoms with van der Waals surface area (Å²) in [4.78, 5) is 46.1. The Morgan fingerprint density at radius 2 is 1.58 bits per heavy atom. The minimum atomic E-state index is -1.32. The van der Waals surface area contributed by atoms with Gasteiger partial charge in [0.05, 0.1) is 6.10 Å². The van der Waals surface area contributed by atoms with Gasteiger partial charge in [-0.3, -0.25) is 14.4 Å². The normalized spacial score (nSPS) is 15.9. The lowest BCUT2D eigenvalue weighted by Gasteiger charge is -2.25. The molecule has 0 heterocycles. The monoisotopic (exact) mass is 346 g/mol. The molecule has 8 N–H and O–H groups in total. The number of hydrogen-bond acceptors (Lipinski definition) is 6. The number of hydrogen-bond donors (Lipinski definition) is 6. The first-order valence-electron chi connectivity index (χ1n) is 7.52. The third-order valence-corrected chi connectivity index (χ3v) is 3.36. The molecule has 0 bridgehead atoms. The van der Waals surface area contributed by atoms with Crippen molar-refractivity contribution in [2.45, 2.75) is 57.8 Å². The SMILES string of the molecule is CC(C)C(NC(=O)C(N)C(C)O)C(=O)NC(CCC(N)=O)C(=O)O. The Kier molecular flexibility index (Phi) is 8.93. The van der Waals surface area contributed by atoms with Gasteiger partial charge in [-0.2, -0.15) is 0 Å². The van der Waals surface area contributed by atoms with Gasteiger partial charge in [-0.25, -0.2) is 4.79 Å². The van der Waals surface area contributed by atoms with Gasteiger partial charge in [0.2, 0.25) is 17.7 Å². The molecule has 0 spiro atoms. The molecule has 0 aromatic carbocycles. The second kappa shape index (κ2) is 9.83. The summed E-state index contributed by atoms with van der Waals surface area (Å²) in [6.45, 7) is 4.63. The second-order valence-corrected chi connectivity index (χ2v) is 5.90. The number of carboxylic acid groups (broad SMARTS) is 1. The Bertz CT molecular complexity index is 480. The van der Waals surface area contributed by atoms with Crippen LogP contribution in [-0.2, 0) is 19.2 Å². The maximum absolute atomic E-state index is 12.3. The van der Waals surface area contributed by atoms with Gasteiger partial charge in [-0.05, 0) is 19.3 Å². The maximum atomic E-state index is 12.3. The summed E-state index contributed by atoms with van der Waals surface area (Å²) in [5, 5.41) is 23.1. The number of carbonyl (C=O) groups is 4. The largest absolute Gasteiger partial charge is 0.480 e. The summed E-state index contributed by atoms with van der Waals surface area (Å²) in [5.74, 6) is -3.83. The van der Waals surface area contributed by atoms with Gasteiger partial charge < -0.3 is 32.3 Å². The predicted molar refractivity (Wildman–Crippen MR) is 84.4 cm³/mol. The molecule has 0 saturated heterocycles. The van der Waals surface area contributed by atoms with E-state index in [1.807, 2.05) is 0 Å². The van der Waals surface area contributed by atoms with Crippen molar-refractivity contribution >= 4 is 23.7 Å². The van der Waals surface area contributed by atoms with Crippen molar-refractivity contribution in [1.29, 1.82) is 0 Å². The van der Waals surface area contributed by atoms with E-state index in [0.29, 0.717) is 0 Å². The summed E-state index contributed by atoms with van der Waals surface area (Å²) in [6.07, 6.45) is -1.48. The molecule has 3 amide bonds. The lowest BCUT2D eigenvalue weighted by molar-refractivity contribution is -0.142. The zero-order valence-corrected chi connectivity index (χ0v) is 14.0. The van der Waals surface area contributed by atoms with E-state index in [4.69, 9.17) is 16.6 Å². The molecule has 24 heavy (non-hydrogen) atoms. The number of aliphatic carboxylic acids is 1. The van der Waals surface area contributed by atoms with Crippen molar-refractivity contribution in [3.05, 3.63) is 0 Å². The fraction of sp³-hybridized carbons (Fsp3) is 0.714. The molecule has 4 unspecified atom stereocenters. The van der Waals surface area contributed by atoms with Crippen molar-refractivity contribution in [3.63, 3.8) is 0 Å². The molecular weight excluding hydrogens is 320 g/mol. The van der Waals surface area contributed by atoms with E-state index in [9.17, 15) is 24.3 Å². The maximum Gasteiger partial charge on any atom is 0.326 e. The number of carbonyl (C=O) groups excluding carboxylic acids is 3. The molecule has 4 atom stereocenters. The number of carboxylic acids is 1. The Hall–Kier alpha value is -2.20. The molecule has 0 aromatic rings. The highest BCUT2D eigenvalue weighted by atomic mass is 16.4. The molecule has 0 radical (unpaired) electrons. The topological polar surface area (TPSA) is 185 Å². The van der Waals surface area contributed by atoms with Crippen molar-refractivity contribution in [2.75, 3.05) is 0 Å². The van der Waals surface area contributed by atoms with E-state index in [0.717, 1.165) is 0 Å². The van der Waals surface area contributed by atoms with Crippen molar-refractivity contribution in [3.8, 4) is 0 Å². The number of aliphatic hydroxyl groups excluding tert-OH is 1. The quantitative estimate of drug-likeness (QED) is 0.256. The molecule has 10 nitrogen and oxygen atoms in total. The van der Waals surface area contributed by atoms with Crippen LogP contribution in [0.3, 0.4) is 0 Å². The minimum absolute atomic E-state index is 0.164. The molecule has 0 fully saturated rings. The predicted octanol–water partition coefficient (Wildman–Crippen LogP) is -2.33. The first-order chi connectivity index (χ1) is 11.0. The first-order valence-corrected chi connectivity index (χ1v) is 7.52. The third-order valence-electron chi connectivity index (χ3n) is 3.36. The molecule has 0 aromatic heterocycles. The van der Waals surface area contributed by atoms with Crippen LogP contribution in [0.5, 0.6) is 0 Å². The van der Waals surface area contributed by atoms with Crippen LogP contribution in [-0.4, -0.2) is 58.1 Å². The van der Waals surface area contributed by atoms with Crippen LogP contribution in [0.15, 0.2) is 0 Å². The number of amides is 3. The summed E-state index contributed by atoms with van der Waals surface area (Å²) in [7, 11) is 0. The van der Waals surface area contributed by atoms with Gasteiger partial charge in [0.25, 0.3) is 0 Å². The smallest absolute Gasteiger partial charge is 0.326 e. The van der Waals surface area contributed by atoms with Crippen molar-refractivity contribution in [1.82, 2.24) is 10.6 Å². The number of aliphatic hydroxyl groups is 1. The van der Waals surface area contributed by atoms with Crippen LogP contribution >= 0.6 is 0 Å². The average molecular weight is 346 g/mol. The molecule has 0 aliphatic rings. The van der Waals surface area contributed by atoms with Crippen LogP contribution in [0.25, 0.3) is 0 Å². The molecule has 0 rings (SSSR count). The first kappa shape index (κ1) is 21.8. The number of nitrogens with one attached hydrogen (secondary N) is 2. The van der Waals surface area contributed by atoms with Crippen molar-refractivity contribution in [2.24, 2.45) is 17.4 Å². The van der Waals surface area contributed by atoms with Crippen LogP contribution in [0.1, 0.15) is 33.6 Å². The molecular formula is C14H26N4O6. The lowest BCUT2D eigenvalue weighted by atomic mass is 10.0. The van der Waals surface area contributed by atoms with Gasteiger partial charge in [-0.1, -0.05) is 13.8 Å².